The average Bonchev–Trinajstić information content (AvgIpc) is 3.29. The molecule has 1 saturated heterocycles. The molecule has 1 amide bonds. The summed E-state index contributed by atoms with van der Waals surface area (Å²) in [5.41, 5.74) is 2.88. The van der Waals surface area contributed by atoms with E-state index in [-0.39, 0.29) is 11.8 Å². The van der Waals surface area contributed by atoms with Crippen molar-refractivity contribution in [2.45, 2.75) is 12.3 Å². The maximum absolute atomic E-state index is 12.4. The highest BCUT2D eigenvalue weighted by Gasteiger charge is 2.34. The van der Waals surface area contributed by atoms with E-state index in [0.29, 0.717) is 24.7 Å². The Balaban J connectivity index is 1.52. The third-order valence-electron chi connectivity index (χ3n) is 4.63. The first kappa shape index (κ1) is 16.3. The van der Waals surface area contributed by atoms with E-state index in [1.807, 2.05) is 73.6 Å². The first-order valence-electron chi connectivity index (χ1n) is 8.58. The Morgan fingerprint density at radius 1 is 1.08 bits per heavy atom. The molecule has 6 nitrogen and oxygen atoms in total. The minimum Gasteiger partial charge on any atom is -0.378 e. The van der Waals surface area contributed by atoms with Crippen LogP contribution in [-0.2, 0) is 4.79 Å². The van der Waals surface area contributed by atoms with Gasteiger partial charge in [-0.05, 0) is 36.4 Å². The number of nitrogens with zero attached hydrogens (tertiary/aromatic N) is 4. The minimum atomic E-state index is -0.0544. The van der Waals surface area contributed by atoms with Crippen molar-refractivity contribution >= 4 is 17.3 Å². The molecular weight excluding hydrogens is 328 g/mol. The second-order valence-electron chi connectivity index (χ2n) is 6.64. The van der Waals surface area contributed by atoms with Crippen molar-refractivity contribution in [3.8, 4) is 11.5 Å². The van der Waals surface area contributed by atoms with Crippen molar-refractivity contribution in [3.63, 3.8) is 0 Å². The molecule has 1 aromatic heterocycles. The molecule has 1 aliphatic heterocycles. The number of hydrogen-bond donors (Lipinski definition) is 0. The van der Waals surface area contributed by atoms with E-state index in [1.165, 1.54) is 0 Å². The van der Waals surface area contributed by atoms with Crippen LogP contribution in [0.3, 0.4) is 0 Å². The number of anilines is 2. The number of carbonyl (C=O) groups is 1. The van der Waals surface area contributed by atoms with Gasteiger partial charge >= 0.3 is 0 Å². The van der Waals surface area contributed by atoms with Gasteiger partial charge in [-0.15, -0.1) is 0 Å². The van der Waals surface area contributed by atoms with Gasteiger partial charge in [0.15, 0.2) is 5.82 Å². The van der Waals surface area contributed by atoms with Crippen LogP contribution < -0.4 is 9.80 Å². The second kappa shape index (κ2) is 6.63. The zero-order valence-electron chi connectivity index (χ0n) is 14.8. The summed E-state index contributed by atoms with van der Waals surface area (Å²) < 4.78 is 5.44. The molecule has 1 aliphatic rings. The third-order valence-corrected chi connectivity index (χ3v) is 4.63. The predicted molar refractivity (Wildman–Crippen MR) is 100 cm³/mol. The number of amides is 1. The Morgan fingerprint density at radius 3 is 2.50 bits per heavy atom. The van der Waals surface area contributed by atoms with Gasteiger partial charge in [0, 0.05) is 49.9 Å². The summed E-state index contributed by atoms with van der Waals surface area (Å²) in [7, 11) is 3.99. The molecule has 0 radical (unpaired) electrons. The summed E-state index contributed by atoms with van der Waals surface area (Å²) in [6, 6.07) is 17.6. The molecule has 3 aromatic rings. The van der Waals surface area contributed by atoms with E-state index in [1.54, 1.807) is 4.90 Å². The first-order chi connectivity index (χ1) is 12.6. The average molecular weight is 348 g/mol. The van der Waals surface area contributed by atoms with Gasteiger partial charge in [0.1, 0.15) is 0 Å². The number of benzene rings is 2. The lowest BCUT2D eigenvalue weighted by molar-refractivity contribution is -0.117. The molecule has 26 heavy (non-hydrogen) atoms. The zero-order valence-corrected chi connectivity index (χ0v) is 14.8. The summed E-state index contributed by atoms with van der Waals surface area (Å²) in [4.78, 5) is 20.7. The van der Waals surface area contributed by atoms with E-state index >= 15 is 0 Å². The van der Waals surface area contributed by atoms with Crippen LogP contribution >= 0.6 is 0 Å². The van der Waals surface area contributed by atoms with Crippen LogP contribution in [0.15, 0.2) is 59.1 Å². The van der Waals surface area contributed by atoms with Gasteiger partial charge in [-0.25, -0.2) is 0 Å². The van der Waals surface area contributed by atoms with E-state index in [2.05, 4.69) is 10.1 Å². The molecule has 6 heteroatoms. The summed E-state index contributed by atoms with van der Waals surface area (Å²) in [6.45, 7) is 0.571. The highest BCUT2D eigenvalue weighted by molar-refractivity contribution is 5.96. The molecule has 1 atom stereocenters. The van der Waals surface area contributed by atoms with Crippen LogP contribution in [-0.4, -0.2) is 36.7 Å². The van der Waals surface area contributed by atoms with Crippen molar-refractivity contribution in [1.82, 2.24) is 10.1 Å². The SMILES string of the molecule is CN(C)c1ccc(-c2nc(C3CC(=O)N(c4ccccc4)C3)no2)cc1. The van der Waals surface area contributed by atoms with Gasteiger partial charge in [0.25, 0.3) is 5.89 Å². The molecule has 0 aliphatic carbocycles. The van der Waals surface area contributed by atoms with Crippen molar-refractivity contribution < 1.29 is 9.32 Å². The van der Waals surface area contributed by atoms with Crippen molar-refractivity contribution in [1.29, 1.82) is 0 Å². The third kappa shape index (κ3) is 3.06. The van der Waals surface area contributed by atoms with Crippen LogP contribution in [0.25, 0.3) is 11.5 Å². The first-order valence-corrected chi connectivity index (χ1v) is 8.58. The van der Waals surface area contributed by atoms with E-state index in [9.17, 15) is 4.79 Å². The molecule has 0 N–H and O–H groups in total. The van der Waals surface area contributed by atoms with Gasteiger partial charge in [0.2, 0.25) is 5.91 Å². The smallest absolute Gasteiger partial charge is 0.257 e. The number of para-hydroxylation sites is 1. The maximum atomic E-state index is 12.4. The van der Waals surface area contributed by atoms with E-state index in [4.69, 9.17) is 4.52 Å². The lowest BCUT2D eigenvalue weighted by Gasteiger charge is -2.15. The molecule has 4 rings (SSSR count). The quantitative estimate of drug-likeness (QED) is 0.724. The lowest BCUT2D eigenvalue weighted by atomic mass is 10.1. The van der Waals surface area contributed by atoms with Gasteiger partial charge in [-0.2, -0.15) is 4.98 Å². The monoisotopic (exact) mass is 348 g/mol. The molecular formula is C20H20N4O2. The molecule has 0 bridgehead atoms. The maximum Gasteiger partial charge on any atom is 0.257 e. The van der Waals surface area contributed by atoms with Crippen molar-refractivity contribution in [2.24, 2.45) is 0 Å². The van der Waals surface area contributed by atoms with Crippen LogP contribution in [0, 0.1) is 0 Å². The number of hydrogen-bond acceptors (Lipinski definition) is 5. The van der Waals surface area contributed by atoms with E-state index in [0.717, 1.165) is 16.9 Å². The predicted octanol–water partition coefficient (Wildman–Crippen LogP) is 3.32. The van der Waals surface area contributed by atoms with Crippen LogP contribution in [0.1, 0.15) is 18.2 Å². The summed E-state index contributed by atoms with van der Waals surface area (Å²) >= 11 is 0. The fraction of sp³-hybridized carbons (Fsp3) is 0.250. The lowest BCUT2D eigenvalue weighted by Crippen LogP contribution is -2.24. The minimum absolute atomic E-state index is 0.0544. The van der Waals surface area contributed by atoms with Crippen molar-refractivity contribution in [2.75, 3.05) is 30.4 Å². The summed E-state index contributed by atoms with van der Waals surface area (Å²) in [6.07, 6.45) is 0.396. The molecule has 0 spiro atoms. The topological polar surface area (TPSA) is 62.5 Å². The second-order valence-corrected chi connectivity index (χ2v) is 6.64. The van der Waals surface area contributed by atoms with Gasteiger partial charge in [0.05, 0.1) is 0 Å². The Kier molecular flexibility index (Phi) is 4.16. The Hall–Kier alpha value is -3.15. The molecule has 132 valence electrons. The number of rotatable bonds is 4. The normalized spacial score (nSPS) is 16.9. The summed E-state index contributed by atoms with van der Waals surface area (Å²) in [5.74, 6) is 1.10. The molecule has 0 saturated carbocycles. The highest BCUT2D eigenvalue weighted by atomic mass is 16.5. The standard InChI is InChI=1S/C20H20N4O2/c1-23(2)16-10-8-14(9-11-16)20-21-19(22-26-20)15-12-18(25)24(13-15)17-6-4-3-5-7-17/h3-11,15H,12-13H2,1-2H3. The fourth-order valence-electron chi connectivity index (χ4n) is 3.16. The summed E-state index contributed by atoms with van der Waals surface area (Å²) in [5, 5.41) is 4.12. The Morgan fingerprint density at radius 2 is 1.81 bits per heavy atom. The van der Waals surface area contributed by atoms with Gasteiger partial charge in [-0.3, -0.25) is 4.79 Å². The Labute approximate surface area is 152 Å². The van der Waals surface area contributed by atoms with Gasteiger partial charge < -0.3 is 14.3 Å². The molecule has 2 heterocycles. The molecule has 1 unspecified atom stereocenters. The fourth-order valence-corrected chi connectivity index (χ4v) is 3.16. The molecule has 2 aromatic carbocycles. The zero-order chi connectivity index (χ0) is 18.1. The molecule has 1 fully saturated rings. The van der Waals surface area contributed by atoms with Crippen LogP contribution in [0.5, 0.6) is 0 Å². The van der Waals surface area contributed by atoms with Crippen LogP contribution in [0.2, 0.25) is 0 Å². The van der Waals surface area contributed by atoms with Crippen LogP contribution in [0.4, 0.5) is 11.4 Å². The van der Waals surface area contributed by atoms with E-state index < -0.39 is 0 Å². The number of carbonyl (C=O) groups excluding carboxylic acids is 1. The van der Waals surface area contributed by atoms with Gasteiger partial charge in [-0.1, -0.05) is 23.4 Å². The number of aromatic nitrogens is 2. The largest absolute Gasteiger partial charge is 0.378 e. The van der Waals surface area contributed by atoms with Crippen molar-refractivity contribution in [3.05, 3.63) is 60.4 Å². The Bertz CT molecular complexity index is 903. The highest BCUT2D eigenvalue weighted by Crippen LogP contribution is 2.31.